The molecule has 1 aromatic carbocycles. The molecule has 0 aliphatic carbocycles. The largest absolute Gasteiger partial charge is 0.341 e. The topological polar surface area (TPSA) is 97.6 Å². The molecule has 0 spiro atoms. The monoisotopic (exact) mass is 335 g/mol. The van der Waals surface area contributed by atoms with Crippen molar-refractivity contribution in [2.24, 2.45) is 0 Å². The molecule has 3 aromatic rings. The Morgan fingerprint density at radius 2 is 2.23 bits per heavy atom. The highest BCUT2D eigenvalue weighted by atomic mass is 35.5. The van der Waals surface area contributed by atoms with Crippen LogP contribution in [0, 0.1) is 17.0 Å². The van der Waals surface area contributed by atoms with E-state index in [1.165, 1.54) is 18.1 Å². The van der Waals surface area contributed by atoms with Crippen molar-refractivity contribution >= 4 is 40.2 Å². The molecule has 0 atom stereocenters. The first-order valence-electron chi connectivity index (χ1n) is 6.28. The highest BCUT2D eigenvalue weighted by molar-refractivity contribution is 7.98. The summed E-state index contributed by atoms with van der Waals surface area (Å²) in [5.41, 5.74) is 2.66. The van der Waals surface area contributed by atoms with Crippen LogP contribution in [0.2, 0.25) is 5.15 Å². The van der Waals surface area contributed by atoms with Gasteiger partial charge in [-0.05, 0) is 12.5 Å². The minimum atomic E-state index is -0.382. The summed E-state index contributed by atoms with van der Waals surface area (Å²) < 4.78 is 0. The molecule has 112 valence electrons. The third-order valence-corrected chi connectivity index (χ3v) is 4.25. The number of hydrogen-bond acceptors (Lipinski definition) is 6. The first-order chi connectivity index (χ1) is 10.5. The summed E-state index contributed by atoms with van der Waals surface area (Å²) in [6, 6.07) is 5.15. The van der Waals surface area contributed by atoms with Gasteiger partial charge in [0.25, 0.3) is 5.69 Å². The van der Waals surface area contributed by atoms with Crippen molar-refractivity contribution in [2.45, 2.75) is 17.8 Å². The number of aromatic nitrogens is 4. The number of nitrogens with one attached hydrogen (secondary N) is 1. The van der Waals surface area contributed by atoms with E-state index in [1.54, 1.807) is 19.1 Å². The SMILES string of the molecule is Cc1ccc(CSc2nc(Cl)c3[nH]cnc3n2)cc1[N+](=O)[O-]. The van der Waals surface area contributed by atoms with E-state index in [1.807, 2.05) is 6.07 Å². The Morgan fingerprint density at radius 3 is 3.00 bits per heavy atom. The fraction of sp³-hybridized carbons (Fsp3) is 0.154. The summed E-state index contributed by atoms with van der Waals surface area (Å²) >= 11 is 7.40. The number of thioether (sulfide) groups is 1. The maximum absolute atomic E-state index is 11.0. The molecular weight excluding hydrogens is 326 g/mol. The lowest BCUT2D eigenvalue weighted by Crippen LogP contribution is -1.94. The third-order valence-electron chi connectivity index (χ3n) is 3.06. The normalized spacial score (nSPS) is 11.0. The van der Waals surface area contributed by atoms with Gasteiger partial charge in [-0.2, -0.15) is 0 Å². The van der Waals surface area contributed by atoms with Gasteiger partial charge in [0.1, 0.15) is 5.52 Å². The van der Waals surface area contributed by atoms with Crippen LogP contribution in [-0.2, 0) is 5.75 Å². The van der Waals surface area contributed by atoms with E-state index in [-0.39, 0.29) is 10.6 Å². The van der Waals surface area contributed by atoms with E-state index >= 15 is 0 Å². The lowest BCUT2D eigenvalue weighted by Gasteiger charge is -2.03. The van der Waals surface area contributed by atoms with Gasteiger partial charge in [0.15, 0.2) is 16.0 Å². The molecule has 7 nitrogen and oxygen atoms in total. The number of aryl methyl sites for hydroxylation is 1. The second-order valence-electron chi connectivity index (χ2n) is 4.56. The van der Waals surface area contributed by atoms with E-state index in [0.29, 0.717) is 32.8 Å². The fourth-order valence-corrected chi connectivity index (χ4v) is 2.98. The first kappa shape index (κ1) is 14.7. The van der Waals surface area contributed by atoms with Crippen molar-refractivity contribution in [3.63, 3.8) is 0 Å². The fourth-order valence-electron chi connectivity index (χ4n) is 1.93. The van der Waals surface area contributed by atoms with E-state index < -0.39 is 0 Å². The van der Waals surface area contributed by atoms with E-state index in [0.717, 1.165) is 5.56 Å². The van der Waals surface area contributed by atoms with Crippen LogP contribution in [0.15, 0.2) is 29.7 Å². The van der Waals surface area contributed by atoms with Gasteiger partial charge in [0.2, 0.25) is 0 Å². The first-order valence-corrected chi connectivity index (χ1v) is 7.64. The Kier molecular flexibility index (Phi) is 3.95. The smallest absolute Gasteiger partial charge is 0.272 e. The van der Waals surface area contributed by atoms with Crippen LogP contribution in [0.25, 0.3) is 11.2 Å². The van der Waals surface area contributed by atoms with Gasteiger partial charge in [0, 0.05) is 17.4 Å². The van der Waals surface area contributed by atoms with Crippen LogP contribution in [0.5, 0.6) is 0 Å². The second-order valence-corrected chi connectivity index (χ2v) is 5.87. The summed E-state index contributed by atoms with van der Waals surface area (Å²) in [5, 5.41) is 11.7. The number of nitro benzene ring substituents is 1. The third kappa shape index (κ3) is 2.88. The Bertz CT molecular complexity index is 867. The Morgan fingerprint density at radius 1 is 1.41 bits per heavy atom. The molecule has 0 saturated carbocycles. The summed E-state index contributed by atoms with van der Waals surface area (Å²) in [5.74, 6) is 0.507. The lowest BCUT2D eigenvalue weighted by molar-refractivity contribution is -0.385. The zero-order chi connectivity index (χ0) is 15.7. The van der Waals surface area contributed by atoms with Gasteiger partial charge in [-0.25, -0.2) is 15.0 Å². The molecule has 0 aliphatic heterocycles. The second kappa shape index (κ2) is 5.90. The predicted octanol–water partition coefficient (Wildman–Crippen LogP) is 3.52. The van der Waals surface area contributed by atoms with Crippen LogP contribution in [-0.4, -0.2) is 24.9 Å². The maximum atomic E-state index is 11.0. The molecule has 1 N–H and O–H groups in total. The van der Waals surface area contributed by atoms with Crippen LogP contribution in [0.4, 0.5) is 5.69 Å². The molecule has 0 amide bonds. The Labute approximate surface area is 134 Å². The number of aromatic amines is 1. The number of nitro groups is 1. The van der Waals surface area contributed by atoms with Gasteiger partial charge >= 0.3 is 0 Å². The molecule has 0 aliphatic rings. The van der Waals surface area contributed by atoms with Gasteiger partial charge in [-0.3, -0.25) is 10.1 Å². The van der Waals surface area contributed by atoms with Crippen molar-refractivity contribution in [2.75, 3.05) is 0 Å². The molecule has 0 fully saturated rings. The molecular formula is C13H10ClN5O2S. The van der Waals surface area contributed by atoms with Gasteiger partial charge in [-0.15, -0.1) is 0 Å². The molecule has 0 saturated heterocycles. The van der Waals surface area contributed by atoms with Gasteiger partial charge in [-0.1, -0.05) is 35.5 Å². The summed E-state index contributed by atoms with van der Waals surface area (Å²) in [6.45, 7) is 1.71. The Balaban J connectivity index is 1.82. The molecule has 0 bridgehead atoms. The maximum Gasteiger partial charge on any atom is 0.272 e. The molecule has 22 heavy (non-hydrogen) atoms. The lowest BCUT2D eigenvalue weighted by atomic mass is 10.1. The number of benzene rings is 1. The van der Waals surface area contributed by atoms with Crippen LogP contribution in [0.1, 0.15) is 11.1 Å². The van der Waals surface area contributed by atoms with Crippen molar-refractivity contribution in [1.29, 1.82) is 0 Å². The van der Waals surface area contributed by atoms with Crippen molar-refractivity contribution in [3.05, 3.63) is 50.9 Å². The Hall–Kier alpha value is -2.19. The number of nitrogens with zero attached hydrogens (tertiary/aromatic N) is 4. The zero-order valence-electron chi connectivity index (χ0n) is 11.4. The average Bonchev–Trinajstić information content (AvgIpc) is 2.95. The van der Waals surface area contributed by atoms with Crippen molar-refractivity contribution in [3.8, 4) is 0 Å². The molecule has 3 rings (SSSR count). The van der Waals surface area contributed by atoms with E-state index in [2.05, 4.69) is 19.9 Å². The van der Waals surface area contributed by atoms with Crippen LogP contribution >= 0.6 is 23.4 Å². The summed E-state index contributed by atoms with van der Waals surface area (Å²) in [7, 11) is 0. The molecule has 2 aromatic heterocycles. The van der Waals surface area contributed by atoms with E-state index in [9.17, 15) is 10.1 Å². The highest BCUT2D eigenvalue weighted by Gasteiger charge is 2.12. The van der Waals surface area contributed by atoms with Crippen molar-refractivity contribution < 1.29 is 4.92 Å². The van der Waals surface area contributed by atoms with Crippen LogP contribution < -0.4 is 0 Å². The molecule has 0 unspecified atom stereocenters. The van der Waals surface area contributed by atoms with Crippen LogP contribution in [0.3, 0.4) is 0 Å². The summed E-state index contributed by atoms with van der Waals surface area (Å²) in [4.78, 5) is 25.9. The standard InChI is InChI=1S/C13H10ClN5O2S/c1-7-2-3-8(4-9(7)19(20)21)5-22-13-17-11(14)10-12(18-13)16-6-15-10/h2-4,6H,5H2,1H3,(H,15,16,17,18). The zero-order valence-corrected chi connectivity index (χ0v) is 13.0. The quantitative estimate of drug-likeness (QED) is 0.257. The number of imidazole rings is 1. The average molecular weight is 336 g/mol. The number of H-pyrrole nitrogens is 1. The minimum Gasteiger partial charge on any atom is -0.341 e. The number of fused-ring (bicyclic) bond motifs is 1. The summed E-state index contributed by atoms with van der Waals surface area (Å²) in [6.07, 6.45) is 1.50. The van der Waals surface area contributed by atoms with Crippen molar-refractivity contribution in [1.82, 2.24) is 19.9 Å². The van der Waals surface area contributed by atoms with E-state index in [4.69, 9.17) is 11.6 Å². The highest BCUT2D eigenvalue weighted by Crippen LogP contribution is 2.26. The van der Waals surface area contributed by atoms with Gasteiger partial charge in [0.05, 0.1) is 11.3 Å². The number of rotatable bonds is 4. The molecule has 2 heterocycles. The minimum absolute atomic E-state index is 0.111. The number of halogens is 1. The number of hydrogen-bond donors (Lipinski definition) is 1. The molecule has 0 radical (unpaired) electrons. The molecule has 9 heteroatoms. The predicted molar refractivity (Wildman–Crippen MR) is 84.1 cm³/mol. The van der Waals surface area contributed by atoms with Gasteiger partial charge < -0.3 is 4.98 Å².